The summed E-state index contributed by atoms with van der Waals surface area (Å²) >= 11 is 0. The number of amides is 1. The van der Waals surface area contributed by atoms with Crippen LogP contribution in [0.25, 0.3) is 0 Å². The van der Waals surface area contributed by atoms with E-state index in [2.05, 4.69) is 18.9 Å². The largest absolute Gasteiger partial charge is 0.376 e. The fourth-order valence-corrected chi connectivity index (χ4v) is 3.55. The molecule has 2 aliphatic rings. The zero-order chi connectivity index (χ0) is 16.4. The van der Waals surface area contributed by atoms with E-state index in [0.717, 1.165) is 31.7 Å². The van der Waals surface area contributed by atoms with Crippen LogP contribution in [0.3, 0.4) is 0 Å². The summed E-state index contributed by atoms with van der Waals surface area (Å²) in [5.41, 5.74) is 0. The first kappa shape index (κ1) is 16.5. The lowest BCUT2D eigenvalue weighted by molar-refractivity contribution is -0.133. The van der Waals surface area contributed by atoms with Crippen molar-refractivity contribution in [1.82, 2.24) is 9.78 Å². The summed E-state index contributed by atoms with van der Waals surface area (Å²) in [6.45, 7) is 7.34. The van der Waals surface area contributed by atoms with Crippen molar-refractivity contribution < 1.29 is 14.3 Å². The van der Waals surface area contributed by atoms with E-state index in [4.69, 9.17) is 9.47 Å². The molecule has 1 fully saturated rings. The predicted octanol–water partition coefficient (Wildman–Crippen LogP) is 2.54. The number of carbonyl (C=O) groups is 1. The molecule has 6 nitrogen and oxygen atoms in total. The molecule has 0 unspecified atom stereocenters. The van der Waals surface area contributed by atoms with Crippen molar-refractivity contribution in [2.24, 2.45) is 0 Å². The molecule has 4 atom stereocenters. The highest BCUT2D eigenvalue weighted by Crippen LogP contribution is 2.31. The molecule has 0 radical (unpaired) electrons. The lowest BCUT2D eigenvalue weighted by Gasteiger charge is -2.38. The third kappa shape index (κ3) is 3.43. The van der Waals surface area contributed by atoms with Crippen LogP contribution in [-0.2, 0) is 14.3 Å². The van der Waals surface area contributed by atoms with E-state index >= 15 is 0 Å². The number of ether oxygens (including phenoxy) is 2. The Morgan fingerprint density at radius 2 is 2.26 bits per heavy atom. The SMILES string of the molecule is C[C@H](OC[C@@H]1CCCCO1)C(=O)N1c2ccnn2[C@H](C)C[C@H]1C. The lowest BCUT2D eigenvalue weighted by Crippen LogP contribution is -2.49. The number of rotatable bonds is 4. The molecule has 0 aliphatic carbocycles. The van der Waals surface area contributed by atoms with Crippen LogP contribution in [-0.4, -0.2) is 47.2 Å². The topological polar surface area (TPSA) is 56.6 Å². The Kier molecular flexibility index (Phi) is 5.02. The lowest BCUT2D eigenvalue weighted by atomic mass is 10.0. The number of hydrogen-bond donors (Lipinski definition) is 0. The van der Waals surface area contributed by atoms with Crippen molar-refractivity contribution in [3.8, 4) is 0 Å². The first-order valence-electron chi connectivity index (χ1n) is 8.67. The average Bonchev–Trinajstić information content (AvgIpc) is 3.03. The molecule has 23 heavy (non-hydrogen) atoms. The number of aromatic nitrogens is 2. The van der Waals surface area contributed by atoms with Gasteiger partial charge in [-0.05, 0) is 46.5 Å². The highest BCUT2D eigenvalue weighted by Gasteiger charge is 2.35. The minimum absolute atomic E-state index is 0.00181. The zero-order valence-electron chi connectivity index (χ0n) is 14.3. The highest BCUT2D eigenvalue weighted by molar-refractivity contribution is 5.96. The maximum atomic E-state index is 12.9. The molecular formula is C17H27N3O3. The van der Waals surface area contributed by atoms with Gasteiger partial charge >= 0.3 is 0 Å². The molecule has 3 heterocycles. The van der Waals surface area contributed by atoms with Crippen LogP contribution in [0.15, 0.2) is 12.3 Å². The van der Waals surface area contributed by atoms with Crippen molar-refractivity contribution in [2.75, 3.05) is 18.1 Å². The van der Waals surface area contributed by atoms with Crippen molar-refractivity contribution in [3.05, 3.63) is 12.3 Å². The first-order valence-corrected chi connectivity index (χ1v) is 8.67. The van der Waals surface area contributed by atoms with Gasteiger partial charge in [0.05, 0.1) is 24.9 Å². The van der Waals surface area contributed by atoms with Crippen LogP contribution in [0.2, 0.25) is 0 Å². The third-order valence-corrected chi connectivity index (χ3v) is 4.83. The number of hydrogen-bond acceptors (Lipinski definition) is 4. The normalized spacial score (nSPS) is 29.2. The van der Waals surface area contributed by atoms with E-state index in [9.17, 15) is 4.79 Å². The molecular weight excluding hydrogens is 294 g/mol. The third-order valence-electron chi connectivity index (χ3n) is 4.83. The maximum Gasteiger partial charge on any atom is 0.257 e. The number of anilines is 1. The van der Waals surface area contributed by atoms with Gasteiger partial charge in [0.2, 0.25) is 0 Å². The summed E-state index contributed by atoms with van der Waals surface area (Å²) in [7, 11) is 0. The molecule has 1 saturated heterocycles. The summed E-state index contributed by atoms with van der Waals surface area (Å²) in [6, 6.07) is 2.37. The molecule has 1 aromatic heterocycles. The second-order valence-corrected chi connectivity index (χ2v) is 6.74. The van der Waals surface area contributed by atoms with E-state index in [1.165, 1.54) is 6.42 Å². The molecule has 0 saturated carbocycles. The van der Waals surface area contributed by atoms with Gasteiger partial charge in [0.25, 0.3) is 5.91 Å². The summed E-state index contributed by atoms with van der Waals surface area (Å²) < 4.78 is 13.4. The fourth-order valence-electron chi connectivity index (χ4n) is 3.55. The standard InChI is InChI=1S/C17H27N3O3/c1-12-10-13(2)20-16(7-8-18-20)19(12)17(21)14(3)23-11-15-6-4-5-9-22-15/h7-8,12-15H,4-6,9-11H2,1-3H3/t12-,13-,14+,15+/m1/s1. The number of carbonyl (C=O) groups excluding carboxylic acids is 1. The van der Waals surface area contributed by atoms with E-state index in [1.807, 2.05) is 22.6 Å². The molecule has 2 aliphatic heterocycles. The quantitative estimate of drug-likeness (QED) is 0.855. The summed E-state index contributed by atoms with van der Waals surface area (Å²) in [5, 5.41) is 4.35. The van der Waals surface area contributed by atoms with Gasteiger partial charge in [-0.15, -0.1) is 0 Å². The molecule has 0 spiro atoms. The predicted molar refractivity (Wildman–Crippen MR) is 87.5 cm³/mol. The first-order chi connectivity index (χ1) is 11.1. The molecule has 3 rings (SSSR count). The van der Waals surface area contributed by atoms with Crippen molar-refractivity contribution in [1.29, 1.82) is 0 Å². The highest BCUT2D eigenvalue weighted by atomic mass is 16.5. The van der Waals surface area contributed by atoms with Crippen LogP contribution in [0.5, 0.6) is 0 Å². The van der Waals surface area contributed by atoms with Gasteiger partial charge in [0.15, 0.2) is 0 Å². The minimum atomic E-state index is -0.472. The van der Waals surface area contributed by atoms with Crippen molar-refractivity contribution in [2.45, 2.75) is 70.7 Å². The average molecular weight is 321 g/mol. The molecule has 0 bridgehead atoms. The van der Waals surface area contributed by atoms with E-state index in [-0.39, 0.29) is 18.1 Å². The Balaban J connectivity index is 1.63. The molecule has 6 heteroatoms. The Hall–Kier alpha value is -1.40. The van der Waals surface area contributed by atoms with Gasteiger partial charge in [-0.3, -0.25) is 9.69 Å². The summed E-state index contributed by atoms with van der Waals surface area (Å²) in [6.07, 6.45) is 5.63. The van der Waals surface area contributed by atoms with E-state index in [0.29, 0.717) is 12.6 Å². The van der Waals surface area contributed by atoms with Crippen molar-refractivity contribution >= 4 is 11.7 Å². The van der Waals surface area contributed by atoms with Gasteiger partial charge in [0, 0.05) is 18.7 Å². The number of nitrogens with zero attached hydrogens (tertiary/aromatic N) is 3. The van der Waals surface area contributed by atoms with Crippen LogP contribution in [0.1, 0.15) is 52.5 Å². The van der Waals surface area contributed by atoms with Crippen LogP contribution < -0.4 is 4.90 Å². The zero-order valence-corrected chi connectivity index (χ0v) is 14.3. The van der Waals surface area contributed by atoms with Gasteiger partial charge < -0.3 is 9.47 Å². The molecule has 0 aromatic carbocycles. The van der Waals surface area contributed by atoms with E-state index < -0.39 is 6.10 Å². The van der Waals surface area contributed by atoms with Crippen molar-refractivity contribution in [3.63, 3.8) is 0 Å². The van der Waals surface area contributed by atoms with Crippen LogP contribution >= 0.6 is 0 Å². The monoisotopic (exact) mass is 321 g/mol. The minimum Gasteiger partial charge on any atom is -0.376 e. The van der Waals surface area contributed by atoms with Gasteiger partial charge in [0.1, 0.15) is 11.9 Å². The Labute approximate surface area is 137 Å². The van der Waals surface area contributed by atoms with Gasteiger partial charge in [-0.2, -0.15) is 5.10 Å². The smallest absolute Gasteiger partial charge is 0.257 e. The fraction of sp³-hybridized carbons (Fsp3) is 0.765. The van der Waals surface area contributed by atoms with Crippen LogP contribution in [0.4, 0.5) is 5.82 Å². The van der Waals surface area contributed by atoms with E-state index in [1.54, 1.807) is 6.20 Å². The second-order valence-electron chi connectivity index (χ2n) is 6.74. The van der Waals surface area contributed by atoms with Crippen LogP contribution in [0, 0.1) is 0 Å². The molecule has 1 amide bonds. The Morgan fingerprint density at radius 3 is 3.00 bits per heavy atom. The summed E-state index contributed by atoms with van der Waals surface area (Å²) in [4.78, 5) is 14.7. The Bertz CT molecular complexity index is 539. The van der Waals surface area contributed by atoms with Gasteiger partial charge in [-0.25, -0.2) is 4.68 Å². The molecule has 128 valence electrons. The van der Waals surface area contributed by atoms with Gasteiger partial charge in [-0.1, -0.05) is 0 Å². The Morgan fingerprint density at radius 1 is 1.43 bits per heavy atom. The second kappa shape index (κ2) is 7.01. The molecule has 1 aromatic rings. The molecule has 0 N–H and O–H groups in total. The maximum absolute atomic E-state index is 12.9. The number of fused-ring (bicyclic) bond motifs is 1. The summed E-state index contributed by atoms with van der Waals surface area (Å²) in [5.74, 6) is 0.868.